The summed E-state index contributed by atoms with van der Waals surface area (Å²) in [4.78, 5) is 16.9. The van der Waals surface area contributed by atoms with E-state index in [0.29, 0.717) is 18.3 Å². The SMILES string of the molecule is O=C(NCCCCC1Cc2c(ccc3ccccc23)CN1)c1ccc2ccccc2n1. The molecule has 5 rings (SSSR count). The fourth-order valence-electron chi connectivity index (χ4n) is 4.57. The number of aromatic nitrogens is 1. The predicted molar refractivity (Wildman–Crippen MR) is 126 cm³/mol. The molecular weight excluding hydrogens is 382 g/mol. The third-order valence-electron chi connectivity index (χ3n) is 6.27. The first-order chi connectivity index (χ1) is 15.3. The number of unbranched alkanes of at least 4 members (excludes halogenated alkanes) is 1. The number of hydrogen-bond donors (Lipinski definition) is 2. The molecule has 0 fully saturated rings. The second-order valence-electron chi connectivity index (χ2n) is 8.35. The van der Waals surface area contributed by atoms with Gasteiger partial charge in [-0.15, -0.1) is 0 Å². The summed E-state index contributed by atoms with van der Waals surface area (Å²) in [5, 5.41) is 10.5. The van der Waals surface area contributed by atoms with Gasteiger partial charge in [-0.2, -0.15) is 0 Å². The van der Waals surface area contributed by atoms with E-state index in [4.69, 9.17) is 0 Å². The Morgan fingerprint density at radius 3 is 2.68 bits per heavy atom. The molecule has 1 aromatic heterocycles. The lowest BCUT2D eigenvalue weighted by atomic mass is 9.89. The van der Waals surface area contributed by atoms with Crippen LogP contribution >= 0.6 is 0 Å². The average Bonchev–Trinajstić information content (AvgIpc) is 2.83. The predicted octanol–water partition coefficient (Wildman–Crippen LogP) is 5.00. The fourth-order valence-corrected chi connectivity index (χ4v) is 4.57. The van der Waals surface area contributed by atoms with Crippen molar-refractivity contribution in [2.45, 2.75) is 38.3 Å². The number of carbonyl (C=O) groups is 1. The molecule has 4 nitrogen and oxygen atoms in total. The van der Waals surface area contributed by atoms with Crippen LogP contribution in [0.15, 0.2) is 72.8 Å². The second kappa shape index (κ2) is 8.86. The zero-order valence-corrected chi connectivity index (χ0v) is 17.6. The van der Waals surface area contributed by atoms with Crippen LogP contribution in [0, 0.1) is 0 Å². The molecular formula is C27H27N3O. The van der Waals surface area contributed by atoms with Gasteiger partial charge < -0.3 is 10.6 Å². The molecule has 3 aromatic carbocycles. The quantitative estimate of drug-likeness (QED) is 0.441. The standard InChI is InChI=1S/C27H27N3O/c31-27(26-15-14-20-8-2-4-11-25(20)30-26)28-16-6-5-9-22-17-24-21(18-29-22)13-12-19-7-1-3-10-23(19)24/h1-4,7-8,10-15,22,29H,5-6,9,16-18H2,(H,28,31). The molecule has 31 heavy (non-hydrogen) atoms. The Morgan fingerprint density at radius 2 is 1.74 bits per heavy atom. The molecule has 0 radical (unpaired) electrons. The molecule has 0 bridgehead atoms. The zero-order chi connectivity index (χ0) is 21.0. The highest BCUT2D eigenvalue weighted by Crippen LogP contribution is 2.27. The van der Waals surface area contributed by atoms with Crippen LogP contribution < -0.4 is 10.6 Å². The van der Waals surface area contributed by atoms with Crippen molar-refractivity contribution in [1.82, 2.24) is 15.6 Å². The molecule has 0 aliphatic carbocycles. The minimum absolute atomic E-state index is 0.0954. The number of hydrogen-bond acceptors (Lipinski definition) is 3. The van der Waals surface area contributed by atoms with Crippen molar-refractivity contribution in [1.29, 1.82) is 0 Å². The molecule has 1 aliphatic rings. The van der Waals surface area contributed by atoms with Gasteiger partial charge in [-0.3, -0.25) is 4.79 Å². The smallest absolute Gasteiger partial charge is 0.269 e. The number of carbonyl (C=O) groups excluding carboxylic acids is 1. The van der Waals surface area contributed by atoms with Crippen LogP contribution in [-0.2, 0) is 13.0 Å². The van der Waals surface area contributed by atoms with Gasteiger partial charge in [0, 0.05) is 24.5 Å². The lowest BCUT2D eigenvalue weighted by Crippen LogP contribution is -2.35. The molecule has 1 amide bonds. The number of rotatable bonds is 6. The minimum Gasteiger partial charge on any atom is -0.351 e. The maximum Gasteiger partial charge on any atom is 0.269 e. The van der Waals surface area contributed by atoms with Crippen molar-refractivity contribution in [3.63, 3.8) is 0 Å². The number of nitrogens with zero attached hydrogens (tertiary/aromatic N) is 1. The van der Waals surface area contributed by atoms with E-state index in [0.717, 1.165) is 43.1 Å². The summed E-state index contributed by atoms with van der Waals surface area (Å²) in [6, 6.07) is 25.3. The van der Waals surface area contributed by atoms with Gasteiger partial charge in [0.05, 0.1) is 5.52 Å². The highest BCUT2D eigenvalue weighted by molar-refractivity contribution is 5.94. The molecule has 1 unspecified atom stereocenters. The summed E-state index contributed by atoms with van der Waals surface area (Å²) in [6.07, 6.45) is 4.25. The van der Waals surface area contributed by atoms with Crippen molar-refractivity contribution in [2.24, 2.45) is 0 Å². The molecule has 1 atom stereocenters. The third kappa shape index (κ3) is 4.30. The van der Waals surface area contributed by atoms with Crippen LogP contribution in [-0.4, -0.2) is 23.5 Å². The van der Waals surface area contributed by atoms with Crippen LogP contribution in [0.1, 0.15) is 40.9 Å². The van der Waals surface area contributed by atoms with E-state index in [1.165, 1.54) is 21.9 Å². The van der Waals surface area contributed by atoms with Crippen molar-refractivity contribution in [2.75, 3.05) is 6.54 Å². The molecule has 156 valence electrons. The first kappa shape index (κ1) is 19.7. The minimum atomic E-state index is -0.0954. The highest BCUT2D eigenvalue weighted by atomic mass is 16.1. The highest BCUT2D eigenvalue weighted by Gasteiger charge is 2.19. The van der Waals surface area contributed by atoms with Gasteiger partial charge in [-0.1, -0.05) is 67.1 Å². The number of fused-ring (bicyclic) bond motifs is 4. The maximum atomic E-state index is 12.4. The average molecular weight is 410 g/mol. The number of pyridine rings is 1. The Kier molecular flexibility index (Phi) is 5.63. The Bertz CT molecular complexity index is 1230. The van der Waals surface area contributed by atoms with Gasteiger partial charge in [0.1, 0.15) is 5.69 Å². The first-order valence-electron chi connectivity index (χ1n) is 11.1. The summed E-state index contributed by atoms with van der Waals surface area (Å²) in [7, 11) is 0. The van der Waals surface area contributed by atoms with Gasteiger partial charge in [-0.25, -0.2) is 4.98 Å². The Morgan fingerprint density at radius 1 is 0.935 bits per heavy atom. The van der Waals surface area contributed by atoms with Crippen molar-refractivity contribution in [3.05, 3.63) is 89.6 Å². The van der Waals surface area contributed by atoms with Gasteiger partial charge >= 0.3 is 0 Å². The van der Waals surface area contributed by atoms with E-state index in [2.05, 4.69) is 52.0 Å². The molecule has 2 N–H and O–H groups in total. The molecule has 0 saturated carbocycles. The van der Waals surface area contributed by atoms with E-state index < -0.39 is 0 Å². The van der Waals surface area contributed by atoms with Crippen molar-refractivity contribution >= 4 is 27.6 Å². The maximum absolute atomic E-state index is 12.4. The Labute approximate surface area is 182 Å². The first-order valence-corrected chi connectivity index (χ1v) is 11.1. The van der Waals surface area contributed by atoms with E-state index in [1.54, 1.807) is 6.07 Å². The Balaban J connectivity index is 1.11. The van der Waals surface area contributed by atoms with Gasteiger partial charge in [0.25, 0.3) is 5.91 Å². The number of amides is 1. The van der Waals surface area contributed by atoms with Gasteiger partial charge in [-0.05, 0) is 53.3 Å². The van der Waals surface area contributed by atoms with Crippen LogP contribution in [0.2, 0.25) is 0 Å². The van der Waals surface area contributed by atoms with Crippen LogP contribution in [0.25, 0.3) is 21.7 Å². The zero-order valence-electron chi connectivity index (χ0n) is 17.6. The third-order valence-corrected chi connectivity index (χ3v) is 6.27. The van der Waals surface area contributed by atoms with Crippen molar-refractivity contribution < 1.29 is 4.79 Å². The van der Waals surface area contributed by atoms with Gasteiger partial charge in [0.15, 0.2) is 0 Å². The molecule has 2 heterocycles. The molecule has 0 spiro atoms. The van der Waals surface area contributed by atoms with E-state index in [1.807, 2.05) is 30.3 Å². The molecule has 1 aliphatic heterocycles. The van der Waals surface area contributed by atoms with Crippen LogP contribution in [0.3, 0.4) is 0 Å². The molecule has 0 saturated heterocycles. The van der Waals surface area contributed by atoms with E-state index in [-0.39, 0.29) is 5.91 Å². The topological polar surface area (TPSA) is 54.0 Å². The summed E-state index contributed by atoms with van der Waals surface area (Å²) < 4.78 is 0. The summed E-state index contributed by atoms with van der Waals surface area (Å²) in [6.45, 7) is 1.62. The van der Waals surface area contributed by atoms with Crippen molar-refractivity contribution in [3.8, 4) is 0 Å². The summed E-state index contributed by atoms with van der Waals surface area (Å²) in [5.41, 5.74) is 4.25. The van der Waals surface area contributed by atoms with Crippen LogP contribution in [0.5, 0.6) is 0 Å². The number of benzene rings is 3. The molecule has 4 heteroatoms. The lowest BCUT2D eigenvalue weighted by molar-refractivity contribution is 0.0948. The van der Waals surface area contributed by atoms with Gasteiger partial charge in [0.2, 0.25) is 0 Å². The van der Waals surface area contributed by atoms with E-state index in [9.17, 15) is 4.79 Å². The number of nitrogens with one attached hydrogen (secondary N) is 2. The second-order valence-corrected chi connectivity index (χ2v) is 8.35. The largest absolute Gasteiger partial charge is 0.351 e. The monoisotopic (exact) mass is 409 g/mol. The van der Waals surface area contributed by atoms with E-state index >= 15 is 0 Å². The fraction of sp³-hybridized carbons (Fsp3) is 0.259. The lowest BCUT2D eigenvalue weighted by Gasteiger charge is -2.27. The summed E-state index contributed by atoms with van der Waals surface area (Å²) >= 11 is 0. The Hall–Kier alpha value is -3.24. The van der Waals surface area contributed by atoms with Crippen LogP contribution in [0.4, 0.5) is 0 Å². The normalized spacial score (nSPS) is 15.7. The molecule has 4 aromatic rings. The summed E-state index contributed by atoms with van der Waals surface area (Å²) in [5.74, 6) is -0.0954. The number of para-hydroxylation sites is 1.